The highest BCUT2D eigenvalue weighted by molar-refractivity contribution is 5.93. The topological polar surface area (TPSA) is 99.0 Å². The van der Waals surface area contributed by atoms with Crippen LogP contribution in [0.5, 0.6) is 0 Å². The second kappa shape index (κ2) is 7.81. The van der Waals surface area contributed by atoms with E-state index in [2.05, 4.69) is 15.4 Å². The molecule has 2 aromatic heterocycles. The van der Waals surface area contributed by atoms with E-state index in [0.29, 0.717) is 29.8 Å². The van der Waals surface area contributed by atoms with Crippen molar-refractivity contribution in [2.45, 2.75) is 38.6 Å². The molecule has 0 radical (unpaired) electrons. The van der Waals surface area contributed by atoms with E-state index in [9.17, 15) is 4.79 Å². The first-order valence-electron chi connectivity index (χ1n) is 8.06. The van der Waals surface area contributed by atoms with Crippen LogP contribution in [0.4, 0.5) is 0 Å². The van der Waals surface area contributed by atoms with Gasteiger partial charge in [0.05, 0.1) is 11.8 Å². The van der Waals surface area contributed by atoms with Crippen LogP contribution in [-0.4, -0.2) is 33.3 Å². The van der Waals surface area contributed by atoms with Gasteiger partial charge in [0.15, 0.2) is 5.69 Å². The van der Waals surface area contributed by atoms with Crippen LogP contribution in [0.15, 0.2) is 16.8 Å². The molecule has 2 heterocycles. The maximum absolute atomic E-state index is 12.5. The Bertz CT molecular complexity index is 696. The number of hydrogen-bond donors (Lipinski definition) is 2. The maximum atomic E-state index is 12.5. The molecule has 1 saturated carbocycles. The molecule has 1 amide bonds. The fraction of sp³-hybridized carbons (Fsp3) is 0.562. The molecule has 24 heavy (non-hydrogen) atoms. The molecule has 1 aliphatic carbocycles. The average Bonchev–Trinajstić information content (AvgIpc) is 3.13. The molecule has 0 spiro atoms. The monoisotopic (exact) mass is 353 g/mol. The second-order valence-electron chi connectivity index (χ2n) is 6.19. The number of aryl methyl sites for hydroxylation is 2. The van der Waals surface area contributed by atoms with Gasteiger partial charge in [0.2, 0.25) is 5.89 Å². The van der Waals surface area contributed by atoms with Crippen LogP contribution in [0, 0.1) is 12.8 Å². The number of nitrogens with one attached hydrogen (secondary N) is 1. The number of nitrogens with zero attached hydrogens (tertiary/aromatic N) is 3. The highest BCUT2D eigenvalue weighted by Gasteiger charge is 2.27. The fourth-order valence-corrected chi connectivity index (χ4v) is 3.18. The predicted molar refractivity (Wildman–Crippen MR) is 93.0 cm³/mol. The molecule has 0 saturated heterocycles. The smallest absolute Gasteiger partial charge is 0.273 e. The van der Waals surface area contributed by atoms with Crippen molar-refractivity contribution in [2.75, 3.05) is 6.54 Å². The van der Waals surface area contributed by atoms with Crippen LogP contribution in [0.25, 0.3) is 11.5 Å². The molecule has 2 aromatic rings. The lowest BCUT2D eigenvalue weighted by Crippen LogP contribution is -2.45. The van der Waals surface area contributed by atoms with Gasteiger partial charge in [0.25, 0.3) is 5.91 Å². The van der Waals surface area contributed by atoms with Crippen LogP contribution in [0.3, 0.4) is 0 Å². The van der Waals surface area contributed by atoms with Crippen molar-refractivity contribution >= 4 is 18.3 Å². The van der Waals surface area contributed by atoms with Crippen molar-refractivity contribution in [3.05, 3.63) is 23.8 Å². The Kier molecular flexibility index (Phi) is 6.01. The van der Waals surface area contributed by atoms with Crippen LogP contribution in [-0.2, 0) is 7.05 Å². The van der Waals surface area contributed by atoms with Gasteiger partial charge in [-0.1, -0.05) is 12.8 Å². The lowest BCUT2D eigenvalue weighted by Gasteiger charge is -2.31. The number of amides is 1. The van der Waals surface area contributed by atoms with E-state index in [4.69, 9.17) is 10.2 Å². The Balaban J connectivity index is 0.00000208. The summed E-state index contributed by atoms with van der Waals surface area (Å²) in [5.74, 6) is 1.09. The molecule has 8 heteroatoms. The zero-order chi connectivity index (χ0) is 16.4. The summed E-state index contributed by atoms with van der Waals surface area (Å²) in [5.41, 5.74) is 6.92. The highest BCUT2D eigenvalue weighted by Crippen LogP contribution is 2.25. The fourth-order valence-electron chi connectivity index (χ4n) is 3.18. The highest BCUT2D eigenvalue weighted by atomic mass is 35.5. The van der Waals surface area contributed by atoms with Crippen LogP contribution < -0.4 is 11.1 Å². The lowest BCUT2D eigenvalue weighted by atomic mass is 9.84. The molecular weight excluding hydrogens is 330 g/mol. The van der Waals surface area contributed by atoms with Gasteiger partial charge in [-0.3, -0.25) is 9.48 Å². The maximum Gasteiger partial charge on any atom is 0.273 e. The van der Waals surface area contributed by atoms with Crippen molar-refractivity contribution in [1.29, 1.82) is 0 Å². The van der Waals surface area contributed by atoms with Gasteiger partial charge >= 0.3 is 0 Å². The first-order chi connectivity index (χ1) is 11.1. The lowest BCUT2D eigenvalue weighted by molar-refractivity contribution is 0.0902. The van der Waals surface area contributed by atoms with Gasteiger partial charge in [-0.15, -0.1) is 12.4 Å². The summed E-state index contributed by atoms with van der Waals surface area (Å²) in [6.45, 7) is 2.35. The Labute approximate surface area is 147 Å². The van der Waals surface area contributed by atoms with Crippen molar-refractivity contribution in [3.8, 4) is 11.5 Å². The quantitative estimate of drug-likeness (QED) is 0.876. The third kappa shape index (κ3) is 3.79. The van der Waals surface area contributed by atoms with E-state index in [1.807, 2.05) is 7.05 Å². The summed E-state index contributed by atoms with van der Waals surface area (Å²) >= 11 is 0. The summed E-state index contributed by atoms with van der Waals surface area (Å²) in [6, 6.07) is 0.124. The molecule has 2 unspecified atom stereocenters. The molecule has 2 atom stereocenters. The molecule has 7 nitrogen and oxygen atoms in total. The molecule has 0 aromatic carbocycles. The molecule has 0 bridgehead atoms. The Hall–Kier alpha value is -1.86. The van der Waals surface area contributed by atoms with Gasteiger partial charge in [-0.05, 0) is 32.2 Å². The van der Waals surface area contributed by atoms with Gasteiger partial charge in [0.1, 0.15) is 5.76 Å². The molecule has 3 rings (SSSR count). The van der Waals surface area contributed by atoms with Gasteiger partial charge in [-0.25, -0.2) is 4.98 Å². The number of carbonyl (C=O) groups is 1. The van der Waals surface area contributed by atoms with E-state index >= 15 is 0 Å². The van der Waals surface area contributed by atoms with Crippen molar-refractivity contribution in [2.24, 2.45) is 18.7 Å². The minimum atomic E-state index is -0.188. The van der Waals surface area contributed by atoms with Crippen LogP contribution in [0.2, 0.25) is 0 Å². The van der Waals surface area contributed by atoms with Gasteiger partial charge in [0, 0.05) is 19.3 Å². The first-order valence-corrected chi connectivity index (χ1v) is 8.06. The number of nitrogens with two attached hydrogens (primary N) is 1. The van der Waals surface area contributed by atoms with Crippen LogP contribution in [0.1, 0.15) is 41.9 Å². The van der Waals surface area contributed by atoms with E-state index in [0.717, 1.165) is 24.8 Å². The Morgan fingerprint density at radius 2 is 2.21 bits per heavy atom. The second-order valence-corrected chi connectivity index (χ2v) is 6.19. The first kappa shape index (κ1) is 18.5. The summed E-state index contributed by atoms with van der Waals surface area (Å²) in [7, 11) is 1.82. The zero-order valence-electron chi connectivity index (χ0n) is 14.0. The minimum absolute atomic E-state index is 0. The van der Waals surface area contributed by atoms with E-state index in [1.54, 1.807) is 24.0 Å². The van der Waals surface area contributed by atoms with Gasteiger partial charge in [-0.2, -0.15) is 5.10 Å². The number of aromatic nitrogens is 3. The van der Waals surface area contributed by atoms with E-state index < -0.39 is 0 Å². The summed E-state index contributed by atoms with van der Waals surface area (Å²) in [4.78, 5) is 16.9. The minimum Gasteiger partial charge on any atom is -0.440 e. The number of hydrogen-bond acceptors (Lipinski definition) is 5. The SMILES string of the molecule is Cc1oc(-c2cnn(C)c2)nc1C(=O)NC1CCCCC1CN.Cl. The number of oxazole rings is 1. The Morgan fingerprint density at radius 3 is 2.88 bits per heavy atom. The normalized spacial score (nSPS) is 20.5. The summed E-state index contributed by atoms with van der Waals surface area (Å²) < 4.78 is 7.30. The standard InChI is InChI=1S/C16H23N5O2.ClH/c1-10-14(20-16(23-10)12-8-18-21(2)9-12)15(22)19-13-6-4-3-5-11(13)7-17;/h8-9,11,13H,3-7,17H2,1-2H3,(H,19,22);1H. The number of rotatable bonds is 4. The van der Waals surface area contributed by atoms with E-state index in [1.165, 1.54) is 6.42 Å². The summed E-state index contributed by atoms with van der Waals surface area (Å²) in [6.07, 6.45) is 7.82. The zero-order valence-corrected chi connectivity index (χ0v) is 14.8. The van der Waals surface area contributed by atoms with E-state index in [-0.39, 0.29) is 24.4 Å². The Morgan fingerprint density at radius 1 is 1.46 bits per heavy atom. The number of carbonyl (C=O) groups excluding carboxylic acids is 1. The third-order valence-corrected chi connectivity index (χ3v) is 4.49. The van der Waals surface area contributed by atoms with Crippen molar-refractivity contribution in [1.82, 2.24) is 20.1 Å². The predicted octanol–water partition coefficient (Wildman–Crippen LogP) is 2.05. The molecule has 1 aliphatic rings. The molecular formula is C16H24ClN5O2. The molecule has 3 N–H and O–H groups in total. The largest absolute Gasteiger partial charge is 0.440 e. The molecule has 0 aliphatic heterocycles. The van der Waals surface area contributed by atoms with Crippen molar-refractivity contribution < 1.29 is 9.21 Å². The van der Waals surface area contributed by atoms with Crippen molar-refractivity contribution in [3.63, 3.8) is 0 Å². The summed E-state index contributed by atoms with van der Waals surface area (Å²) in [5, 5.41) is 7.18. The average molecular weight is 354 g/mol. The number of halogens is 1. The third-order valence-electron chi connectivity index (χ3n) is 4.49. The molecule has 1 fully saturated rings. The van der Waals surface area contributed by atoms with Crippen LogP contribution >= 0.6 is 12.4 Å². The van der Waals surface area contributed by atoms with Gasteiger partial charge < -0.3 is 15.5 Å². The molecule has 132 valence electrons.